The molecule has 1 fully saturated rings. The van der Waals surface area contributed by atoms with Gasteiger partial charge in [0.2, 0.25) is 0 Å². The number of nitrogens with one attached hydrogen (secondary N) is 1. The molecule has 0 aliphatic carbocycles. The summed E-state index contributed by atoms with van der Waals surface area (Å²) < 4.78 is 7.10. The van der Waals surface area contributed by atoms with Crippen molar-refractivity contribution in [2.75, 3.05) is 13.2 Å². The fourth-order valence-electron chi connectivity index (χ4n) is 2.83. The van der Waals surface area contributed by atoms with Gasteiger partial charge in [-0.3, -0.25) is 9.55 Å². The van der Waals surface area contributed by atoms with Crippen LogP contribution >= 0.6 is 11.3 Å². The van der Waals surface area contributed by atoms with E-state index in [2.05, 4.69) is 15.0 Å². The molecule has 1 N–H and O–H groups in total. The molecule has 114 valence electrons. The number of thiophene rings is 1. The molecular formula is C15H16N4O2S. The highest BCUT2D eigenvalue weighted by atomic mass is 32.1. The van der Waals surface area contributed by atoms with E-state index in [4.69, 9.17) is 4.74 Å². The van der Waals surface area contributed by atoms with Gasteiger partial charge in [0.25, 0.3) is 0 Å². The Labute approximate surface area is 130 Å². The number of imidazole rings is 1. The first-order valence-electron chi connectivity index (χ1n) is 7.37. The molecule has 1 aliphatic heterocycles. The molecule has 3 aromatic rings. The normalized spacial score (nSPS) is 16.4. The van der Waals surface area contributed by atoms with Crippen molar-refractivity contribution in [3.63, 3.8) is 0 Å². The van der Waals surface area contributed by atoms with Crippen molar-refractivity contribution < 1.29 is 4.74 Å². The second-order valence-corrected chi connectivity index (χ2v) is 6.32. The van der Waals surface area contributed by atoms with E-state index in [0.717, 1.165) is 37.3 Å². The zero-order chi connectivity index (χ0) is 14.9. The summed E-state index contributed by atoms with van der Waals surface area (Å²) in [6.07, 6.45) is 3.67. The summed E-state index contributed by atoms with van der Waals surface area (Å²) in [5.74, 6) is 0.456. The Balaban J connectivity index is 1.74. The third kappa shape index (κ3) is 2.46. The van der Waals surface area contributed by atoms with Crippen molar-refractivity contribution in [2.24, 2.45) is 5.92 Å². The lowest BCUT2D eigenvalue weighted by molar-refractivity contribution is 0.0613. The minimum absolute atomic E-state index is 0.135. The predicted octanol–water partition coefficient (Wildman–Crippen LogP) is 2.27. The van der Waals surface area contributed by atoms with E-state index in [1.54, 1.807) is 22.1 Å². The number of hydrogen-bond donors (Lipinski definition) is 1. The first-order valence-corrected chi connectivity index (χ1v) is 8.31. The molecule has 1 aliphatic rings. The average molecular weight is 316 g/mol. The molecular weight excluding hydrogens is 300 g/mol. The molecule has 0 spiro atoms. The maximum absolute atomic E-state index is 12.2. The number of rotatable bonds is 3. The second-order valence-electron chi connectivity index (χ2n) is 5.54. The van der Waals surface area contributed by atoms with Crippen LogP contribution in [0.15, 0.2) is 27.8 Å². The summed E-state index contributed by atoms with van der Waals surface area (Å²) in [5, 5.41) is 4.04. The molecule has 0 radical (unpaired) electrons. The third-order valence-corrected chi connectivity index (χ3v) is 4.76. The highest BCUT2D eigenvalue weighted by Crippen LogP contribution is 2.22. The lowest BCUT2D eigenvalue weighted by Crippen LogP contribution is -2.26. The Bertz CT molecular complexity index is 831. The van der Waals surface area contributed by atoms with Gasteiger partial charge in [-0.25, -0.2) is 14.8 Å². The summed E-state index contributed by atoms with van der Waals surface area (Å²) >= 11 is 1.62. The minimum atomic E-state index is -0.135. The summed E-state index contributed by atoms with van der Waals surface area (Å²) in [4.78, 5) is 24.0. The topological polar surface area (TPSA) is 72.8 Å². The summed E-state index contributed by atoms with van der Waals surface area (Å²) in [7, 11) is 0. The molecule has 0 unspecified atom stereocenters. The standard InChI is InChI=1S/C15H16N4O2S/c20-15-18-13-14(19(15)8-10-1-4-21-5-2-10)17-12(7-16-13)11-3-6-22-9-11/h3,6-7,9-10H,1-2,4-5,8H2,(H,16,18,20). The maximum atomic E-state index is 12.2. The molecule has 6 nitrogen and oxygen atoms in total. The van der Waals surface area contributed by atoms with Crippen molar-refractivity contribution in [2.45, 2.75) is 19.4 Å². The first-order chi connectivity index (χ1) is 10.8. The van der Waals surface area contributed by atoms with Crippen LogP contribution < -0.4 is 5.69 Å². The third-order valence-electron chi connectivity index (χ3n) is 4.08. The van der Waals surface area contributed by atoms with Crippen LogP contribution in [0, 0.1) is 5.92 Å². The van der Waals surface area contributed by atoms with E-state index < -0.39 is 0 Å². The van der Waals surface area contributed by atoms with Crippen molar-refractivity contribution in [1.82, 2.24) is 19.5 Å². The number of aromatic nitrogens is 4. The van der Waals surface area contributed by atoms with Gasteiger partial charge in [0.1, 0.15) is 0 Å². The molecule has 0 aromatic carbocycles. The monoisotopic (exact) mass is 316 g/mol. The van der Waals surface area contributed by atoms with E-state index in [1.807, 2.05) is 16.8 Å². The highest BCUT2D eigenvalue weighted by Gasteiger charge is 2.18. The zero-order valence-corrected chi connectivity index (χ0v) is 12.8. The molecule has 0 atom stereocenters. The molecule has 22 heavy (non-hydrogen) atoms. The average Bonchev–Trinajstić information content (AvgIpc) is 3.17. The van der Waals surface area contributed by atoms with Crippen molar-refractivity contribution in [3.8, 4) is 11.3 Å². The Morgan fingerprint density at radius 2 is 2.27 bits per heavy atom. The maximum Gasteiger partial charge on any atom is 0.328 e. The van der Waals surface area contributed by atoms with E-state index >= 15 is 0 Å². The molecule has 3 aromatic heterocycles. The van der Waals surface area contributed by atoms with Crippen molar-refractivity contribution >= 4 is 22.6 Å². The van der Waals surface area contributed by atoms with Crippen LogP contribution in [0.4, 0.5) is 0 Å². The fourth-order valence-corrected chi connectivity index (χ4v) is 3.48. The molecule has 7 heteroatoms. The van der Waals surface area contributed by atoms with Crippen LogP contribution in [0.1, 0.15) is 12.8 Å². The van der Waals surface area contributed by atoms with E-state index in [-0.39, 0.29) is 5.69 Å². The minimum Gasteiger partial charge on any atom is -0.381 e. The SMILES string of the molecule is O=c1[nH]c2ncc(-c3ccsc3)nc2n1CC1CCOCC1. The number of hydrogen-bond acceptors (Lipinski definition) is 5. The molecule has 4 heterocycles. The Kier molecular flexibility index (Phi) is 3.51. The van der Waals surface area contributed by atoms with Crippen LogP contribution in [-0.2, 0) is 11.3 Å². The molecule has 4 rings (SSSR count). The summed E-state index contributed by atoms with van der Waals surface area (Å²) in [6, 6.07) is 2.01. The largest absolute Gasteiger partial charge is 0.381 e. The van der Waals surface area contributed by atoms with Crippen LogP contribution in [-0.4, -0.2) is 32.7 Å². The predicted molar refractivity (Wildman–Crippen MR) is 85.0 cm³/mol. The van der Waals surface area contributed by atoms with Gasteiger partial charge < -0.3 is 4.74 Å². The number of aromatic amines is 1. The van der Waals surface area contributed by atoms with Crippen molar-refractivity contribution in [3.05, 3.63) is 33.5 Å². The van der Waals surface area contributed by atoms with Crippen LogP contribution in [0.3, 0.4) is 0 Å². The van der Waals surface area contributed by atoms with Gasteiger partial charge in [0.15, 0.2) is 11.3 Å². The van der Waals surface area contributed by atoms with E-state index in [9.17, 15) is 4.79 Å². The summed E-state index contributed by atoms with van der Waals surface area (Å²) in [5.41, 5.74) is 2.89. The smallest absolute Gasteiger partial charge is 0.328 e. The van der Waals surface area contributed by atoms with Crippen molar-refractivity contribution in [1.29, 1.82) is 0 Å². The van der Waals surface area contributed by atoms with Gasteiger partial charge in [-0.15, -0.1) is 0 Å². The van der Waals surface area contributed by atoms with Crippen LogP contribution in [0.5, 0.6) is 0 Å². The van der Waals surface area contributed by atoms with Gasteiger partial charge in [-0.1, -0.05) is 0 Å². The second kappa shape index (κ2) is 5.66. The van der Waals surface area contributed by atoms with Crippen LogP contribution in [0.25, 0.3) is 22.6 Å². The highest BCUT2D eigenvalue weighted by molar-refractivity contribution is 7.08. The molecule has 0 saturated carbocycles. The zero-order valence-electron chi connectivity index (χ0n) is 12.0. The van der Waals surface area contributed by atoms with Gasteiger partial charge in [-0.05, 0) is 30.2 Å². The number of H-pyrrole nitrogens is 1. The van der Waals surface area contributed by atoms with E-state index in [1.165, 1.54) is 0 Å². The Morgan fingerprint density at radius 3 is 3.05 bits per heavy atom. The van der Waals surface area contributed by atoms with Gasteiger partial charge in [0.05, 0.1) is 11.9 Å². The Hall–Kier alpha value is -1.99. The number of ether oxygens (including phenoxy) is 1. The lowest BCUT2D eigenvalue weighted by atomic mass is 10.0. The lowest BCUT2D eigenvalue weighted by Gasteiger charge is -2.21. The summed E-state index contributed by atoms with van der Waals surface area (Å²) in [6.45, 7) is 2.21. The fraction of sp³-hybridized carbons (Fsp3) is 0.400. The number of fused-ring (bicyclic) bond motifs is 1. The van der Waals surface area contributed by atoms with Crippen LogP contribution in [0.2, 0.25) is 0 Å². The number of nitrogens with zero attached hydrogens (tertiary/aromatic N) is 3. The van der Waals surface area contributed by atoms with Gasteiger partial charge in [0, 0.05) is 30.7 Å². The molecule has 1 saturated heterocycles. The molecule has 0 amide bonds. The Morgan fingerprint density at radius 1 is 1.41 bits per heavy atom. The van der Waals surface area contributed by atoms with Gasteiger partial charge in [-0.2, -0.15) is 11.3 Å². The van der Waals surface area contributed by atoms with Gasteiger partial charge >= 0.3 is 5.69 Å². The quantitative estimate of drug-likeness (QED) is 0.804. The first kappa shape index (κ1) is 13.7. The molecule has 0 bridgehead atoms. The van der Waals surface area contributed by atoms with E-state index in [0.29, 0.717) is 23.8 Å².